The van der Waals surface area contributed by atoms with Gasteiger partial charge >= 0.3 is 0 Å². The van der Waals surface area contributed by atoms with E-state index in [-0.39, 0.29) is 12.7 Å². The van der Waals surface area contributed by atoms with Crippen molar-refractivity contribution in [3.05, 3.63) is 41.1 Å². The minimum absolute atomic E-state index is 0.252. The number of aromatic nitrogens is 2. The smallest absolute Gasteiger partial charge is 0.253 e. The fraction of sp³-hybridized carbons (Fsp3) is 0.467. The molecule has 1 heterocycles. The summed E-state index contributed by atoms with van der Waals surface area (Å²) in [5.41, 5.74) is 2.19. The summed E-state index contributed by atoms with van der Waals surface area (Å²) in [6, 6.07) is 5.86. The van der Waals surface area contributed by atoms with Gasteiger partial charge in [-0.25, -0.2) is 0 Å². The average molecular weight is 274 g/mol. The summed E-state index contributed by atoms with van der Waals surface area (Å²) in [7, 11) is 0. The molecule has 0 bridgehead atoms. The quantitative estimate of drug-likeness (QED) is 0.928. The Bertz CT molecular complexity index is 595. The predicted octanol–water partition coefficient (Wildman–Crippen LogP) is 2.58. The molecule has 0 spiro atoms. The minimum atomic E-state index is -0.377. The average Bonchev–Trinajstić information content (AvgIpc) is 2.94. The van der Waals surface area contributed by atoms with E-state index in [0.29, 0.717) is 11.8 Å². The van der Waals surface area contributed by atoms with Gasteiger partial charge in [0.15, 0.2) is 6.61 Å². The van der Waals surface area contributed by atoms with Gasteiger partial charge in [-0.2, -0.15) is 0 Å². The number of benzene rings is 1. The van der Waals surface area contributed by atoms with Crippen LogP contribution in [0.4, 0.5) is 0 Å². The van der Waals surface area contributed by atoms with Crippen LogP contribution in [0.5, 0.6) is 5.75 Å². The van der Waals surface area contributed by atoms with E-state index >= 15 is 0 Å². The summed E-state index contributed by atoms with van der Waals surface area (Å²) in [6.07, 6.45) is 3.22. The Kier molecular flexibility index (Phi) is 3.69. The van der Waals surface area contributed by atoms with Crippen LogP contribution >= 0.6 is 0 Å². The summed E-state index contributed by atoms with van der Waals surface area (Å²) in [5, 5.41) is 17.8. The summed E-state index contributed by atoms with van der Waals surface area (Å²) < 4.78 is 11.0. The van der Waals surface area contributed by atoms with Crippen molar-refractivity contribution in [1.29, 1.82) is 0 Å². The van der Waals surface area contributed by atoms with Crippen LogP contribution < -0.4 is 4.74 Å². The molecule has 106 valence electrons. The fourth-order valence-corrected chi connectivity index (χ4v) is 2.48. The first-order valence-electron chi connectivity index (χ1n) is 7.01. The van der Waals surface area contributed by atoms with Crippen LogP contribution in [0.1, 0.15) is 48.8 Å². The highest BCUT2D eigenvalue weighted by Crippen LogP contribution is 2.32. The van der Waals surface area contributed by atoms with E-state index in [1.165, 1.54) is 5.56 Å². The van der Waals surface area contributed by atoms with Crippen LogP contribution in [0, 0.1) is 0 Å². The van der Waals surface area contributed by atoms with Crippen LogP contribution in [0.15, 0.2) is 22.6 Å². The molecule has 3 rings (SSSR count). The van der Waals surface area contributed by atoms with E-state index in [0.717, 1.165) is 37.0 Å². The number of aliphatic hydroxyl groups excluding tert-OH is 1. The van der Waals surface area contributed by atoms with Crippen molar-refractivity contribution in [3.63, 3.8) is 0 Å². The van der Waals surface area contributed by atoms with Crippen LogP contribution in [0.3, 0.4) is 0 Å². The van der Waals surface area contributed by atoms with E-state index in [4.69, 9.17) is 9.15 Å². The highest BCUT2D eigenvalue weighted by molar-refractivity contribution is 5.38. The Balaban J connectivity index is 1.70. The molecule has 1 aliphatic carbocycles. The second-order valence-electron chi connectivity index (χ2n) is 5.00. The third-order valence-corrected chi connectivity index (χ3v) is 3.57. The molecule has 0 amide bonds. The summed E-state index contributed by atoms with van der Waals surface area (Å²) >= 11 is 0. The first kappa shape index (κ1) is 13.1. The number of nitrogens with zero attached hydrogens (tertiary/aromatic N) is 2. The lowest BCUT2D eigenvalue weighted by Gasteiger charge is -2.21. The zero-order valence-electron chi connectivity index (χ0n) is 11.5. The zero-order chi connectivity index (χ0) is 13.9. The van der Waals surface area contributed by atoms with Gasteiger partial charge in [0.2, 0.25) is 5.89 Å². The monoisotopic (exact) mass is 274 g/mol. The van der Waals surface area contributed by atoms with Crippen molar-refractivity contribution in [2.45, 2.75) is 45.3 Å². The number of aliphatic hydroxyl groups is 1. The van der Waals surface area contributed by atoms with Gasteiger partial charge in [0.1, 0.15) is 5.75 Å². The molecular formula is C15H18N2O3. The molecule has 1 unspecified atom stereocenters. The topological polar surface area (TPSA) is 68.4 Å². The SMILES string of the molecule is CCc1nnc(COc2ccc3c(c2)C(O)CCC3)o1. The van der Waals surface area contributed by atoms with E-state index in [9.17, 15) is 5.11 Å². The Morgan fingerprint density at radius 1 is 1.35 bits per heavy atom. The van der Waals surface area contributed by atoms with Crippen molar-refractivity contribution in [2.24, 2.45) is 0 Å². The number of aryl methyl sites for hydroxylation is 2. The molecule has 5 nitrogen and oxygen atoms in total. The van der Waals surface area contributed by atoms with Gasteiger partial charge in [-0.1, -0.05) is 13.0 Å². The number of rotatable bonds is 4. The minimum Gasteiger partial charge on any atom is -0.484 e. The molecule has 0 fully saturated rings. The van der Waals surface area contributed by atoms with Gasteiger partial charge in [-0.15, -0.1) is 10.2 Å². The summed E-state index contributed by atoms with van der Waals surface area (Å²) in [4.78, 5) is 0. The van der Waals surface area contributed by atoms with Gasteiger partial charge in [-0.3, -0.25) is 0 Å². The zero-order valence-corrected chi connectivity index (χ0v) is 11.5. The van der Waals surface area contributed by atoms with Crippen molar-refractivity contribution in [3.8, 4) is 5.75 Å². The van der Waals surface area contributed by atoms with Gasteiger partial charge in [0, 0.05) is 6.42 Å². The summed E-state index contributed by atoms with van der Waals surface area (Å²) in [5.74, 6) is 1.81. The molecule has 1 atom stereocenters. The highest BCUT2D eigenvalue weighted by atomic mass is 16.5. The molecule has 1 aromatic carbocycles. The molecule has 1 aliphatic rings. The predicted molar refractivity (Wildman–Crippen MR) is 72.3 cm³/mol. The third-order valence-electron chi connectivity index (χ3n) is 3.57. The number of ether oxygens (including phenoxy) is 1. The van der Waals surface area contributed by atoms with Crippen molar-refractivity contribution in [2.75, 3.05) is 0 Å². The van der Waals surface area contributed by atoms with Crippen LogP contribution in [0.2, 0.25) is 0 Å². The second kappa shape index (κ2) is 5.63. The fourth-order valence-electron chi connectivity index (χ4n) is 2.48. The molecule has 0 saturated carbocycles. The molecule has 2 aromatic rings. The van der Waals surface area contributed by atoms with E-state index in [2.05, 4.69) is 10.2 Å². The summed E-state index contributed by atoms with van der Waals surface area (Å²) in [6.45, 7) is 2.21. The number of hydrogen-bond donors (Lipinski definition) is 1. The molecule has 20 heavy (non-hydrogen) atoms. The maximum atomic E-state index is 10.0. The standard InChI is InChI=1S/C15H18N2O3/c1-2-14-16-17-15(20-14)9-19-11-7-6-10-4-3-5-13(18)12(10)8-11/h6-8,13,18H,2-5,9H2,1H3. The van der Waals surface area contributed by atoms with Gasteiger partial charge in [0.25, 0.3) is 5.89 Å². The molecule has 0 aliphatic heterocycles. The Morgan fingerprint density at radius 2 is 2.20 bits per heavy atom. The molecule has 0 radical (unpaired) electrons. The maximum Gasteiger partial charge on any atom is 0.253 e. The van der Waals surface area contributed by atoms with E-state index in [1.54, 1.807) is 0 Å². The first-order chi connectivity index (χ1) is 9.76. The maximum absolute atomic E-state index is 10.0. The molecule has 5 heteroatoms. The van der Waals surface area contributed by atoms with Crippen molar-refractivity contribution in [1.82, 2.24) is 10.2 Å². The Morgan fingerprint density at radius 3 is 3.00 bits per heavy atom. The number of fused-ring (bicyclic) bond motifs is 1. The van der Waals surface area contributed by atoms with Crippen LogP contribution in [0.25, 0.3) is 0 Å². The molecule has 0 saturated heterocycles. The van der Waals surface area contributed by atoms with Gasteiger partial charge in [-0.05, 0) is 42.5 Å². The first-order valence-corrected chi connectivity index (χ1v) is 7.01. The lowest BCUT2D eigenvalue weighted by atomic mass is 9.89. The molecule has 1 aromatic heterocycles. The molecule has 1 N–H and O–H groups in total. The van der Waals surface area contributed by atoms with Crippen LogP contribution in [-0.4, -0.2) is 15.3 Å². The Labute approximate surface area is 117 Å². The van der Waals surface area contributed by atoms with Crippen molar-refractivity contribution >= 4 is 0 Å². The number of hydrogen-bond acceptors (Lipinski definition) is 5. The Hall–Kier alpha value is -1.88. The lowest BCUT2D eigenvalue weighted by molar-refractivity contribution is 0.155. The molecular weight excluding hydrogens is 256 g/mol. The highest BCUT2D eigenvalue weighted by Gasteiger charge is 2.18. The van der Waals surface area contributed by atoms with Crippen LogP contribution in [-0.2, 0) is 19.4 Å². The normalized spacial score (nSPS) is 17.8. The van der Waals surface area contributed by atoms with Gasteiger partial charge < -0.3 is 14.3 Å². The largest absolute Gasteiger partial charge is 0.484 e. The second-order valence-corrected chi connectivity index (χ2v) is 5.00. The van der Waals surface area contributed by atoms with E-state index in [1.807, 2.05) is 25.1 Å². The third kappa shape index (κ3) is 2.67. The van der Waals surface area contributed by atoms with E-state index < -0.39 is 0 Å². The van der Waals surface area contributed by atoms with Gasteiger partial charge in [0.05, 0.1) is 6.10 Å². The lowest BCUT2D eigenvalue weighted by Crippen LogP contribution is -2.09. The van der Waals surface area contributed by atoms with Crippen molar-refractivity contribution < 1.29 is 14.3 Å².